The maximum Gasteiger partial charge on any atom is 0.261 e. The van der Waals surface area contributed by atoms with Crippen LogP contribution in [0.2, 0.25) is 0 Å². The predicted octanol–water partition coefficient (Wildman–Crippen LogP) is 4.24. The fraction of sp³-hybridized carbons (Fsp3) is 0.385. The molecule has 0 bridgehead atoms. The Labute approximate surface area is 210 Å². The Bertz CT molecular complexity index is 1110. The summed E-state index contributed by atoms with van der Waals surface area (Å²) in [5.74, 6) is 1.13. The Kier molecular flexibility index (Phi) is 9.72. The lowest BCUT2D eigenvalue weighted by Crippen LogP contribution is -2.36. The lowest BCUT2D eigenvalue weighted by molar-refractivity contribution is -0.127. The first-order valence-electron chi connectivity index (χ1n) is 11.9. The molecule has 186 valence electrons. The SMILES string of the molecule is CCc1ccc(NC(=O)CSc2nnc(CNC(=O)[C@@H](C)Oc3ccc(CC)cc3)n2CC)cc1. The fourth-order valence-electron chi connectivity index (χ4n) is 3.40. The highest BCUT2D eigenvalue weighted by Gasteiger charge is 2.18. The van der Waals surface area contributed by atoms with Crippen molar-refractivity contribution in [2.24, 2.45) is 0 Å². The highest BCUT2D eigenvalue weighted by atomic mass is 32.2. The van der Waals surface area contributed by atoms with Gasteiger partial charge in [-0.1, -0.05) is 49.9 Å². The van der Waals surface area contributed by atoms with Gasteiger partial charge in [-0.25, -0.2) is 0 Å². The molecule has 2 amide bonds. The number of aryl methyl sites for hydroxylation is 2. The van der Waals surface area contributed by atoms with E-state index in [1.807, 2.05) is 60.0 Å². The van der Waals surface area contributed by atoms with Gasteiger partial charge in [-0.15, -0.1) is 10.2 Å². The summed E-state index contributed by atoms with van der Waals surface area (Å²) in [5.41, 5.74) is 3.20. The van der Waals surface area contributed by atoms with Gasteiger partial charge >= 0.3 is 0 Å². The number of hydrogen-bond acceptors (Lipinski definition) is 6. The third-order valence-electron chi connectivity index (χ3n) is 5.52. The number of amides is 2. The van der Waals surface area contributed by atoms with Crippen molar-refractivity contribution in [3.05, 3.63) is 65.5 Å². The summed E-state index contributed by atoms with van der Waals surface area (Å²) >= 11 is 1.31. The summed E-state index contributed by atoms with van der Waals surface area (Å²) in [5, 5.41) is 14.8. The maximum atomic E-state index is 12.5. The number of thioether (sulfide) groups is 1. The van der Waals surface area contributed by atoms with Crippen LogP contribution in [0.3, 0.4) is 0 Å². The summed E-state index contributed by atoms with van der Waals surface area (Å²) in [6.07, 6.45) is 1.26. The molecule has 9 heteroatoms. The van der Waals surface area contributed by atoms with E-state index in [0.717, 1.165) is 18.5 Å². The Morgan fingerprint density at radius 2 is 1.60 bits per heavy atom. The van der Waals surface area contributed by atoms with E-state index in [1.165, 1.54) is 22.9 Å². The number of ether oxygens (including phenoxy) is 1. The van der Waals surface area contributed by atoms with Gasteiger partial charge in [-0.2, -0.15) is 0 Å². The first-order valence-corrected chi connectivity index (χ1v) is 12.9. The van der Waals surface area contributed by atoms with Crippen molar-refractivity contribution in [3.63, 3.8) is 0 Å². The second-order valence-electron chi connectivity index (χ2n) is 8.01. The minimum atomic E-state index is -0.649. The van der Waals surface area contributed by atoms with Crippen LogP contribution in [0.15, 0.2) is 53.7 Å². The van der Waals surface area contributed by atoms with Crippen LogP contribution in [0.5, 0.6) is 5.75 Å². The molecule has 3 rings (SSSR count). The van der Waals surface area contributed by atoms with Crippen LogP contribution in [0, 0.1) is 0 Å². The third-order valence-corrected chi connectivity index (χ3v) is 6.49. The van der Waals surface area contributed by atoms with Gasteiger partial charge < -0.3 is 19.9 Å². The summed E-state index contributed by atoms with van der Waals surface area (Å²) < 4.78 is 7.64. The van der Waals surface area contributed by atoms with Crippen molar-refractivity contribution < 1.29 is 14.3 Å². The molecule has 0 saturated carbocycles. The molecule has 2 N–H and O–H groups in total. The molecule has 0 aliphatic carbocycles. The topological polar surface area (TPSA) is 98.1 Å². The number of aromatic nitrogens is 3. The fourth-order valence-corrected chi connectivity index (χ4v) is 4.22. The number of anilines is 1. The van der Waals surface area contributed by atoms with Gasteiger partial charge in [0, 0.05) is 12.2 Å². The first kappa shape index (κ1) is 26.3. The molecule has 3 aromatic rings. The van der Waals surface area contributed by atoms with E-state index < -0.39 is 6.10 Å². The molecule has 0 radical (unpaired) electrons. The number of hydrogen-bond donors (Lipinski definition) is 2. The molecular weight excluding hydrogens is 462 g/mol. The largest absolute Gasteiger partial charge is 0.481 e. The van der Waals surface area contributed by atoms with Gasteiger partial charge in [0.15, 0.2) is 17.1 Å². The standard InChI is InChI=1S/C26H33N5O3S/c1-5-19-8-12-21(13-9-19)28-24(32)17-35-26-30-29-23(31(26)7-3)16-27-25(33)18(4)34-22-14-10-20(6-2)11-15-22/h8-15,18H,5-7,16-17H2,1-4H3,(H,27,33)(H,28,32)/t18-/m1/s1. The zero-order valence-electron chi connectivity index (χ0n) is 20.7. The maximum absolute atomic E-state index is 12.5. The van der Waals surface area contributed by atoms with Crippen molar-refractivity contribution in [1.29, 1.82) is 0 Å². The average Bonchev–Trinajstić information content (AvgIpc) is 3.28. The normalized spacial score (nSPS) is 11.7. The third kappa shape index (κ3) is 7.58. The van der Waals surface area contributed by atoms with Crippen LogP contribution in [0.1, 0.15) is 44.6 Å². The molecule has 0 aliphatic heterocycles. The molecule has 1 aromatic heterocycles. The van der Waals surface area contributed by atoms with E-state index in [9.17, 15) is 9.59 Å². The number of benzene rings is 2. The average molecular weight is 496 g/mol. The number of carbonyl (C=O) groups excluding carboxylic acids is 2. The molecule has 1 heterocycles. The quantitative estimate of drug-likeness (QED) is 0.365. The van der Waals surface area contributed by atoms with Crippen molar-refractivity contribution >= 4 is 29.3 Å². The molecule has 0 aliphatic rings. The highest BCUT2D eigenvalue weighted by Crippen LogP contribution is 2.18. The molecule has 35 heavy (non-hydrogen) atoms. The smallest absolute Gasteiger partial charge is 0.261 e. The van der Waals surface area contributed by atoms with E-state index in [4.69, 9.17) is 4.74 Å². The molecule has 0 fully saturated rings. The molecule has 0 spiro atoms. The summed E-state index contributed by atoms with van der Waals surface area (Å²) in [6.45, 7) is 8.71. The Balaban J connectivity index is 1.49. The highest BCUT2D eigenvalue weighted by molar-refractivity contribution is 7.99. The number of rotatable bonds is 12. The lowest BCUT2D eigenvalue weighted by Gasteiger charge is -2.15. The van der Waals surface area contributed by atoms with Crippen molar-refractivity contribution in [2.75, 3.05) is 11.1 Å². The molecular formula is C26H33N5O3S. The predicted molar refractivity (Wildman–Crippen MR) is 139 cm³/mol. The van der Waals surface area contributed by atoms with E-state index in [-0.39, 0.29) is 24.1 Å². The van der Waals surface area contributed by atoms with Crippen LogP contribution >= 0.6 is 11.8 Å². The van der Waals surface area contributed by atoms with Gasteiger partial charge in [0.25, 0.3) is 5.91 Å². The summed E-state index contributed by atoms with van der Waals surface area (Å²) in [7, 11) is 0. The van der Waals surface area contributed by atoms with Gasteiger partial charge in [0.1, 0.15) is 5.75 Å². The first-order chi connectivity index (χ1) is 16.9. The van der Waals surface area contributed by atoms with Crippen LogP contribution in [-0.2, 0) is 35.5 Å². The van der Waals surface area contributed by atoms with Crippen LogP contribution in [-0.4, -0.2) is 38.4 Å². The van der Waals surface area contributed by atoms with Gasteiger partial charge in [-0.3, -0.25) is 9.59 Å². The Morgan fingerprint density at radius 1 is 0.971 bits per heavy atom. The monoisotopic (exact) mass is 495 g/mol. The summed E-state index contributed by atoms with van der Waals surface area (Å²) in [6, 6.07) is 15.5. The molecule has 0 unspecified atom stereocenters. The van der Waals surface area contributed by atoms with Gasteiger partial charge in [0.2, 0.25) is 5.91 Å². The van der Waals surface area contributed by atoms with Gasteiger partial charge in [0.05, 0.1) is 12.3 Å². The molecule has 0 saturated heterocycles. The summed E-state index contributed by atoms with van der Waals surface area (Å²) in [4.78, 5) is 24.9. The number of nitrogens with one attached hydrogen (secondary N) is 2. The van der Waals surface area contributed by atoms with E-state index in [2.05, 4.69) is 34.7 Å². The zero-order chi connectivity index (χ0) is 25.2. The molecule has 2 aromatic carbocycles. The second kappa shape index (κ2) is 12.9. The number of carbonyl (C=O) groups is 2. The Morgan fingerprint density at radius 3 is 2.20 bits per heavy atom. The van der Waals surface area contributed by atoms with Gasteiger partial charge in [-0.05, 0) is 62.1 Å². The van der Waals surface area contributed by atoms with E-state index in [0.29, 0.717) is 23.3 Å². The minimum Gasteiger partial charge on any atom is -0.481 e. The van der Waals surface area contributed by atoms with Crippen LogP contribution in [0.25, 0.3) is 0 Å². The Hall–Kier alpha value is -3.33. The zero-order valence-corrected chi connectivity index (χ0v) is 21.5. The van der Waals surface area contributed by atoms with Crippen LogP contribution < -0.4 is 15.4 Å². The van der Waals surface area contributed by atoms with E-state index >= 15 is 0 Å². The van der Waals surface area contributed by atoms with Crippen LogP contribution in [0.4, 0.5) is 5.69 Å². The molecule has 8 nitrogen and oxygen atoms in total. The van der Waals surface area contributed by atoms with Crippen molar-refractivity contribution in [3.8, 4) is 5.75 Å². The second-order valence-corrected chi connectivity index (χ2v) is 8.95. The van der Waals surface area contributed by atoms with Crippen molar-refractivity contribution in [2.45, 2.75) is 64.9 Å². The minimum absolute atomic E-state index is 0.113. The number of nitrogens with zero attached hydrogens (tertiary/aromatic N) is 3. The van der Waals surface area contributed by atoms with E-state index in [1.54, 1.807) is 6.92 Å². The lowest BCUT2D eigenvalue weighted by atomic mass is 10.1. The van der Waals surface area contributed by atoms with Crippen molar-refractivity contribution in [1.82, 2.24) is 20.1 Å². The molecule has 1 atom stereocenters.